The fourth-order valence-corrected chi connectivity index (χ4v) is 3.55. The number of rotatable bonds is 7. The molecule has 0 bridgehead atoms. The van der Waals surface area contributed by atoms with Crippen molar-refractivity contribution in [2.75, 3.05) is 6.61 Å². The summed E-state index contributed by atoms with van der Waals surface area (Å²) in [5, 5.41) is 24.2. The number of esters is 1. The molecule has 1 saturated carbocycles. The number of carbonyl (C=O) groups excluding carboxylic acids is 1. The van der Waals surface area contributed by atoms with E-state index in [-0.39, 0.29) is 6.61 Å². The first-order valence-corrected chi connectivity index (χ1v) is 11.4. The predicted octanol–water partition coefficient (Wildman–Crippen LogP) is 5.90. The van der Waals surface area contributed by atoms with Crippen molar-refractivity contribution in [3.05, 3.63) is 71.3 Å². The Kier molecular flexibility index (Phi) is 9.93. The largest absolute Gasteiger partial charge is 0.457 e. The van der Waals surface area contributed by atoms with E-state index in [0.29, 0.717) is 17.1 Å². The molecule has 2 aromatic rings. The molecule has 0 saturated heterocycles. The fraction of sp³-hybridized carbons (Fsp3) is 0.385. The van der Waals surface area contributed by atoms with Gasteiger partial charge >= 0.3 is 12.1 Å². The molecule has 2 aromatic carbocycles. The van der Waals surface area contributed by atoms with E-state index in [2.05, 4.69) is 0 Å². The summed E-state index contributed by atoms with van der Waals surface area (Å²) in [6, 6.07) is 17.4. The number of alkyl halides is 3. The van der Waals surface area contributed by atoms with E-state index in [1.807, 2.05) is 24.3 Å². The Hall–Kier alpha value is -3.06. The van der Waals surface area contributed by atoms with Gasteiger partial charge in [-0.1, -0.05) is 61.9 Å². The Morgan fingerprint density at radius 2 is 1.78 bits per heavy atom. The van der Waals surface area contributed by atoms with Crippen LogP contribution in [0.5, 0.6) is 11.5 Å². The first-order chi connectivity index (χ1) is 16.8. The van der Waals surface area contributed by atoms with Gasteiger partial charge in [0.2, 0.25) is 6.10 Å². The molecule has 0 spiro atoms. The van der Waals surface area contributed by atoms with Crippen LogP contribution in [-0.4, -0.2) is 35.1 Å². The maximum absolute atomic E-state index is 12.7. The Morgan fingerprint density at radius 3 is 2.31 bits per heavy atom. The zero-order valence-electron chi connectivity index (χ0n) is 19.9. The van der Waals surface area contributed by atoms with Crippen LogP contribution in [-0.2, 0) is 9.53 Å². The number of hydrogen-bond acceptors (Lipinski definition) is 6. The van der Waals surface area contributed by atoms with E-state index in [1.54, 1.807) is 50.2 Å². The third kappa shape index (κ3) is 7.98. The molecule has 0 aliphatic heterocycles. The lowest BCUT2D eigenvalue weighted by molar-refractivity contribution is -0.149. The molecule has 0 radical (unpaired) electrons. The van der Waals surface area contributed by atoms with Crippen LogP contribution < -0.4 is 4.74 Å². The second kappa shape index (κ2) is 12.3. The molecule has 0 aromatic heterocycles. The molecule has 2 unspecified atom stereocenters. The Labute approximate surface area is 212 Å². The van der Waals surface area contributed by atoms with Gasteiger partial charge in [-0.05, 0) is 42.5 Å². The third-order valence-electron chi connectivity index (χ3n) is 5.52. The monoisotopic (exact) mass is 525 g/mol. The summed E-state index contributed by atoms with van der Waals surface area (Å²) in [5.41, 5.74) is -0.371. The van der Waals surface area contributed by atoms with Gasteiger partial charge in [-0.25, -0.2) is 0 Å². The SMILES string of the molecule is CC(O)CO.CC1(C)[C@H](C(=O)OC(C#N)c2cccc(Oc3ccccc3)c2)[C@@H]1/C=C(\Cl)C(F)(F)F. The summed E-state index contributed by atoms with van der Waals surface area (Å²) in [6.07, 6.45) is -5.63. The topological polar surface area (TPSA) is 99.8 Å². The summed E-state index contributed by atoms with van der Waals surface area (Å²) in [5.74, 6) is -1.27. The number of nitrogens with zero attached hydrogens (tertiary/aromatic N) is 1. The van der Waals surface area contributed by atoms with Crippen molar-refractivity contribution in [2.24, 2.45) is 17.3 Å². The van der Waals surface area contributed by atoms with Crippen molar-refractivity contribution in [2.45, 2.75) is 39.2 Å². The summed E-state index contributed by atoms with van der Waals surface area (Å²) < 4.78 is 49.2. The minimum atomic E-state index is -4.68. The third-order valence-corrected chi connectivity index (χ3v) is 5.86. The van der Waals surface area contributed by atoms with E-state index in [1.165, 1.54) is 6.92 Å². The molecule has 0 amide bonds. The smallest absolute Gasteiger partial charge is 0.426 e. The zero-order chi connectivity index (χ0) is 27.1. The van der Waals surface area contributed by atoms with Gasteiger partial charge in [-0.2, -0.15) is 18.4 Å². The van der Waals surface area contributed by atoms with Crippen molar-refractivity contribution >= 4 is 17.6 Å². The predicted molar refractivity (Wildman–Crippen MR) is 127 cm³/mol. The maximum Gasteiger partial charge on any atom is 0.426 e. The van der Waals surface area contributed by atoms with Crippen LogP contribution in [0, 0.1) is 28.6 Å². The lowest BCUT2D eigenvalue weighted by Gasteiger charge is -2.13. The Bertz CT molecular complexity index is 1100. The number of halogens is 4. The molecule has 1 aliphatic rings. The van der Waals surface area contributed by atoms with Crippen LogP contribution in [0.3, 0.4) is 0 Å². The second-order valence-electron chi connectivity index (χ2n) is 8.80. The Morgan fingerprint density at radius 1 is 1.19 bits per heavy atom. The lowest BCUT2D eigenvalue weighted by Crippen LogP contribution is -2.14. The number of nitriles is 1. The highest BCUT2D eigenvalue weighted by Crippen LogP contribution is 2.60. The molecular formula is C26H27ClF3NO5. The highest BCUT2D eigenvalue weighted by atomic mass is 35.5. The number of benzene rings is 2. The van der Waals surface area contributed by atoms with Gasteiger partial charge in [0.25, 0.3) is 0 Å². The number of allylic oxidation sites excluding steroid dienone is 2. The van der Waals surface area contributed by atoms with Crippen molar-refractivity contribution in [3.63, 3.8) is 0 Å². The number of carbonyl (C=O) groups is 1. The second-order valence-corrected chi connectivity index (χ2v) is 9.21. The van der Waals surface area contributed by atoms with Crippen molar-refractivity contribution in [1.82, 2.24) is 0 Å². The number of aliphatic hydroxyl groups is 2. The molecule has 10 heteroatoms. The summed E-state index contributed by atoms with van der Waals surface area (Å²) in [7, 11) is 0. The standard InChI is InChI=1S/C23H19ClF3NO3.C3H8O2/c1-22(2)17(12-19(24)23(25,26)27)20(22)21(29)31-18(13-28)14-7-6-10-16(11-14)30-15-8-4-3-5-9-15;1-3(5)2-4/h3-12,17-18,20H,1-2H3;3-5H,2H2,1H3/b19-12-;/t17-,18?,20-;/m0./s1. The molecular weight excluding hydrogens is 499 g/mol. The van der Waals surface area contributed by atoms with Crippen molar-refractivity contribution in [3.8, 4) is 17.6 Å². The molecule has 0 heterocycles. The number of para-hydroxylation sites is 1. The van der Waals surface area contributed by atoms with E-state index >= 15 is 0 Å². The summed E-state index contributed by atoms with van der Waals surface area (Å²) in [4.78, 5) is 12.6. The molecule has 3 rings (SSSR count). The number of ether oxygens (including phenoxy) is 2. The first kappa shape index (κ1) is 29.2. The van der Waals surface area contributed by atoms with E-state index < -0.39 is 46.6 Å². The van der Waals surface area contributed by atoms with Gasteiger partial charge in [0.15, 0.2) is 0 Å². The molecule has 2 N–H and O–H groups in total. The van der Waals surface area contributed by atoms with Gasteiger partial charge in [0.05, 0.1) is 18.6 Å². The van der Waals surface area contributed by atoms with Crippen LogP contribution in [0.15, 0.2) is 65.7 Å². The molecule has 6 nitrogen and oxygen atoms in total. The first-order valence-electron chi connectivity index (χ1n) is 11.0. The number of aliphatic hydroxyl groups excluding tert-OH is 2. The van der Waals surface area contributed by atoms with Crippen LogP contribution in [0.1, 0.15) is 32.4 Å². The average molecular weight is 526 g/mol. The van der Waals surface area contributed by atoms with Gasteiger partial charge in [-0.3, -0.25) is 4.79 Å². The van der Waals surface area contributed by atoms with Gasteiger partial charge < -0.3 is 19.7 Å². The molecule has 194 valence electrons. The molecule has 36 heavy (non-hydrogen) atoms. The van der Waals surface area contributed by atoms with Crippen molar-refractivity contribution < 1.29 is 37.7 Å². The minimum Gasteiger partial charge on any atom is -0.457 e. The van der Waals surface area contributed by atoms with Crippen LogP contribution in [0.2, 0.25) is 0 Å². The lowest BCUT2D eigenvalue weighted by atomic mass is 10.1. The highest BCUT2D eigenvalue weighted by Gasteiger charge is 2.62. The average Bonchev–Trinajstić information content (AvgIpc) is 3.37. The van der Waals surface area contributed by atoms with Gasteiger partial charge in [0, 0.05) is 5.56 Å². The maximum atomic E-state index is 12.7. The Balaban J connectivity index is 0.000000830. The fourth-order valence-electron chi connectivity index (χ4n) is 3.42. The van der Waals surface area contributed by atoms with Crippen LogP contribution in [0.25, 0.3) is 0 Å². The van der Waals surface area contributed by atoms with E-state index in [4.69, 9.17) is 31.3 Å². The molecule has 4 atom stereocenters. The van der Waals surface area contributed by atoms with Crippen molar-refractivity contribution in [1.29, 1.82) is 5.26 Å². The van der Waals surface area contributed by atoms with Gasteiger partial charge in [-0.15, -0.1) is 0 Å². The zero-order valence-corrected chi connectivity index (χ0v) is 20.6. The number of hydrogen-bond donors (Lipinski definition) is 2. The molecule has 1 fully saturated rings. The normalized spacial score (nSPS) is 20.2. The highest BCUT2D eigenvalue weighted by molar-refractivity contribution is 6.30. The summed E-state index contributed by atoms with van der Waals surface area (Å²) in [6.45, 7) is 4.69. The minimum absolute atomic E-state index is 0.139. The van der Waals surface area contributed by atoms with E-state index in [0.717, 1.165) is 6.08 Å². The summed E-state index contributed by atoms with van der Waals surface area (Å²) >= 11 is 5.32. The molecule has 1 aliphatic carbocycles. The van der Waals surface area contributed by atoms with Gasteiger partial charge in [0.1, 0.15) is 22.6 Å². The quantitative estimate of drug-likeness (QED) is 0.436. The van der Waals surface area contributed by atoms with Crippen LogP contribution >= 0.6 is 11.6 Å². The van der Waals surface area contributed by atoms with E-state index in [9.17, 15) is 23.2 Å². The van der Waals surface area contributed by atoms with Crippen LogP contribution in [0.4, 0.5) is 13.2 Å².